The van der Waals surface area contributed by atoms with Gasteiger partial charge in [-0.05, 0) is 87.4 Å². The Hall–Kier alpha value is -0.520. The van der Waals surface area contributed by atoms with E-state index >= 15 is 0 Å². The van der Waals surface area contributed by atoms with Crippen LogP contribution >= 0.6 is 0 Å². The van der Waals surface area contributed by atoms with Crippen LogP contribution in [-0.2, 0) is 0 Å². The van der Waals surface area contributed by atoms with Gasteiger partial charge in [-0.1, -0.05) is 37.6 Å². The average Bonchev–Trinajstić information content (AvgIpc) is 2.81. The van der Waals surface area contributed by atoms with Gasteiger partial charge in [-0.2, -0.15) is 0 Å². The van der Waals surface area contributed by atoms with Gasteiger partial charge < -0.3 is 0 Å². The smallest absolute Gasteiger partial charge is 0.0172 e. The lowest BCUT2D eigenvalue weighted by Crippen LogP contribution is -2.19. The van der Waals surface area contributed by atoms with Gasteiger partial charge in [0.05, 0.1) is 0 Å². The number of hydrogen-bond acceptors (Lipinski definition) is 0. The summed E-state index contributed by atoms with van der Waals surface area (Å²) in [5.41, 5.74) is 3.72. The van der Waals surface area contributed by atoms with Crippen LogP contribution in [-0.4, -0.2) is 0 Å². The number of rotatable bonds is 3. The molecular formula is C20H32. The largest absolute Gasteiger partial charge is 0.0996 e. The molecule has 0 heteroatoms. The molecule has 0 aromatic heterocycles. The van der Waals surface area contributed by atoms with Crippen LogP contribution in [0.4, 0.5) is 0 Å². The molecule has 0 saturated heterocycles. The molecule has 0 aromatic rings. The third-order valence-electron chi connectivity index (χ3n) is 6.94. The topological polar surface area (TPSA) is 0 Å². The second-order valence-corrected chi connectivity index (χ2v) is 8.39. The highest BCUT2D eigenvalue weighted by atomic mass is 14.7. The van der Waals surface area contributed by atoms with E-state index < -0.39 is 0 Å². The van der Waals surface area contributed by atoms with Crippen LogP contribution in [0.2, 0.25) is 0 Å². The molecule has 0 N–H and O–H groups in total. The van der Waals surface area contributed by atoms with Gasteiger partial charge in [-0.3, -0.25) is 0 Å². The molecule has 3 aliphatic rings. The number of fused-ring (bicyclic) bond motifs is 3. The minimum atomic E-state index is 0.647. The molecule has 3 fully saturated rings. The lowest BCUT2D eigenvalue weighted by molar-refractivity contribution is 0.266. The third-order valence-corrected chi connectivity index (χ3v) is 6.94. The third kappa shape index (κ3) is 2.20. The fourth-order valence-electron chi connectivity index (χ4n) is 5.77. The van der Waals surface area contributed by atoms with Crippen LogP contribution in [0.25, 0.3) is 0 Å². The molecule has 0 amide bonds. The Labute approximate surface area is 125 Å². The van der Waals surface area contributed by atoms with E-state index in [2.05, 4.69) is 40.3 Å². The van der Waals surface area contributed by atoms with Crippen molar-refractivity contribution in [2.45, 2.75) is 66.2 Å². The predicted molar refractivity (Wildman–Crippen MR) is 87.5 cm³/mol. The van der Waals surface area contributed by atoms with E-state index in [4.69, 9.17) is 0 Å². The van der Waals surface area contributed by atoms with Crippen LogP contribution in [0, 0.1) is 35.0 Å². The molecule has 0 aromatic carbocycles. The van der Waals surface area contributed by atoms with E-state index in [1.165, 1.54) is 44.1 Å². The first-order valence-electron chi connectivity index (χ1n) is 8.76. The van der Waals surface area contributed by atoms with Gasteiger partial charge in [-0.15, -0.1) is 0 Å². The normalized spacial score (nSPS) is 46.4. The van der Waals surface area contributed by atoms with Crippen molar-refractivity contribution in [1.29, 1.82) is 0 Å². The molecular weight excluding hydrogens is 240 g/mol. The van der Waals surface area contributed by atoms with E-state index in [0.717, 1.165) is 29.6 Å². The van der Waals surface area contributed by atoms with Crippen molar-refractivity contribution in [2.24, 2.45) is 35.0 Å². The van der Waals surface area contributed by atoms with E-state index in [1.54, 1.807) is 5.57 Å². The van der Waals surface area contributed by atoms with Gasteiger partial charge in [-0.25, -0.2) is 0 Å². The fourth-order valence-corrected chi connectivity index (χ4v) is 5.77. The fraction of sp³-hybridized carbons (Fsp3) is 0.800. The summed E-state index contributed by atoms with van der Waals surface area (Å²) in [5, 5.41) is 0. The van der Waals surface area contributed by atoms with Crippen molar-refractivity contribution in [3.8, 4) is 0 Å². The first kappa shape index (κ1) is 14.4. The van der Waals surface area contributed by atoms with Gasteiger partial charge in [0.2, 0.25) is 0 Å². The molecule has 0 unspecified atom stereocenters. The summed E-state index contributed by atoms with van der Waals surface area (Å²) >= 11 is 0. The van der Waals surface area contributed by atoms with E-state index in [-0.39, 0.29) is 0 Å². The minimum Gasteiger partial charge on any atom is -0.0996 e. The van der Waals surface area contributed by atoms with E-state index in [1.807, 2.05) is 0 Å². The highest BCUT2D eigenvalue weighted by molar-refractivity contribution is 5.21. The average molecular weight is 272 g/mol. The zero-order chi connectivity index (χ0) is 14.5. The monoisotopic (exact) mass is 272 g/mol. The lowest BCUT2D eigenvalue weighted by Gasteiger charge is -2.26. The van der Waals surface area contributed by atoms with Crippen molar-refractivity contribution < 1.29 is 0 Å². The summed E-state index contributed by atoms with van der Waals surface area (Å²) < 4.78 is 0. The Balaban J connectivity index is 1.75. The second kappa shape index (κ2) is 5.04. The zero-order valence-corrected chi connectivity index (χ0v) is 13.9. The van der Waals surface area contributed by atoms with Crippen LogP contribution in [0.5, 0.6) is 0 Å². The minimum absolute atomic E-state index is 0.647. The van der Waals surface area contributed by atoms with Crippen LogP contribution in [0.15, 0.2) is 23.8 Å². The SMILES string of the molecule is C=C1CC[C@@H]2[C@H]([C@@H]3[C@H](C)CC[C@@H]13)[C@@]2(C)CCC=C(C)C. The Kier molecular flexibility index (Phi) is 3.63. The molecule has 0 heterocycles. The molecule has 3 saturated carbocycles. The summed E-state index contributed by atoms with van der Waals surface area (Å²) in [6, 6.07) is 0. The maximum atomic E-state index is 4.43. The van der Waals surface area contributed by atoms with Crippen molar-refractivity contribution in [1.82, 2.24) is 0 Å². The van der Waals surface area contributed by atoms with Gasteiger partial charge in [0.15, 0.2) is 0 Å². The lowest BCUT2D eigenvalue weighted by atomic mass is 9.78. The maximum absolute atomic E-state index is 4.43. The summed E-state index contributed by atoms with van der Waals surface area (Å²) in [6.07, 6.45) is 10.8. The van der Waals surface area contributed by atoms with Crippen molar-refractivity contribution in [3.05, 3.63) is 23.8 Å². The number of hydrogen-bond donors (Lipinski definition) is 0. The first-order valence-corrected chi connectivity index (χ1v) is 8.76. The molecule has 0 aliphatic heterocycles. The molecule has 0 radical (unpaired) electrons. The molecule has 6 atom stereocenters. The number of allylic oxidation sites excluding steroid dienone is 3. The highest BCUT2D eigenvalue weighted by Gasteiger charge is 2.65. The van der Waals surface area contributed by atoms with E-state index in [9.17, 15) is 0 Å². The van der Waals surface area contributed by atoms with Crippen LogP contribution in [0.3, 0.4) is 0 Å². The van der Waals surface area contributed by atoms with E-state index in [0.29, 0.717) is 5.41 Å². The summed E-state index contributed by atoms with van der Waals surface area (Å²) in [6.45, 7) is 14.0. The molecule has 0 bridgehead atoms. The highest BCUT2D eigenvalue weighted by Crippen LogP contribution is 2.72. The van der Waals surface area contributed by atoms with Crippen molar-refractivity contribution in [3.63, 3.8) is 0 Å². The summed E-state index contributed by atoms with van der Waals surface area (Å²) in [7, 11) is 0. The Morgan fingerprint density at radius 3 is 2.75 bits per heavy atom. The summed E-state index contributed by atoms with van der Waals surface area (Å²) in [5.74, 6) is 4.78. The molecule has 3 aliphatic carbocycles. The van der Waals surface area contributed by atoms with Gasteiger partial charge >= 0.3 is 0 Å². The summed E-state index contributed by atoms with van der Waals surface area (Å²) in [4.78, 5) is 0. The molecule has 20 heavy (non-hydrogen) atoms. The van der Waals surface area contributed by atoms with Crippen LogP contribution in [0.1, 0.15) is 66.2 Å². The molecule has 0 nitrogen and oxygen atoms in total. The molecule has 3 rings (SSSR count). The van der Waals surface area contributed by atoms with Crippen molar-refractivity contribution >= 4 is 0 Å². The zero-order valence-electron chi connectivity index (χ0n) is 13.9. The quantitative estimate of drug-likeness (QED) is 0.553. The first-order chi connectivity index (χ1) is 9.45. The standard InChI is InChI=1S/C20H32/c1-13(2)7-6-12-20(5)17-11-9-14(3)16-10-8-15(4)18(16)19(17)20/h7,15-19H,3,6,8-12H2,1-2,4-5H3/t15-,16+,17-,18-,19-,20+/m1/s1. The maximum Gasteiger partial charge on any atom is -0.0172 e. The van der Waals surface area contributed by atoms with Gasteiger partial charge in [0.1, 0.15) is 0 Å². The molecule has 0 spiro atoms. The van der Waals surface area contributed by atoms with Crippen LogP contribution < -0.4 is 0 Å². The van der Waals surface area contributed by atoms with Crippen molar-refractivity contribution in [2.75, 3.05) is 0 Å². The Bertz CT molecular complexity index is 425. The Morgan fingerprint density at radius 2 is 2.05 bits per heavy atom. The second-order valence-electron chi connectivity index (χ2n) is 8.39. The Morgan fingerprint density at radius 1 is 1.30 bits per heavy atom. The van der Waals surface area contributed by atoms with Gasteiger partial charge in [0, 0.05) is 0 Å². The molecule has 112 valence electrons. The predicted octanol–water partition coefficient (Wildman–Crippen LogP) is 6.00. The van der Waals surface area contributed by atoms with Gasteiger partial charge in [0.25, 0.3) is 0 Å².